The van der Waals surface area contributed by atoms with Gasteiger partial charge in [-0.1, -0.05) is 6.92 Å². The highest BCUT2D eigenvalue weighted by atomic mass is 16.6. The molecular formula is C12H14N2O6. The van der Waals surface area contributed by atoms with Crippen molar-refractivity contribution in [2.45, 2.75) is 6.92 Å². The zero-order valence-electron chi connectivity index (χ0n) is 10.9. The summed E-state index contributed by atoms with van der Waals surface area (Å²) in [5.41, 5.74) is -0.448. The number of phenolic OH excluding ortho intramolecular Hbond substituents is 1. The number of phenols is 1. The fourth-order valence-electron chi connectivity index (χ4n) is 1.60. The molecule has 20 heavy (non-hydrogen) atoms. The molecular weight excluding hydrogens is 268 g/mol. The van der Waals surface area contributed by atoms with E-state index in [4.69, 9.17) is 5.11 Å². The second-order valence-corrected chi connectivity index (χ2v) is 4.39. The molecule has 0 aliphatic carbocycles. The van der Waals surface area contributed by atoms with Crippen LogP contribution >= 0.6 is 0 Å². The van der Waals surface area contributed by atoms with E-state index in [0.29, 0.717) is 0 Å². The SMILES string of the molecule is CC(CN(C)C(=O)c1ccc([N+](=O)[O-])c(O)c1)C(=O)O. The van der Waals surface area contributed by atoms with Gasteiger partial charge < -0.3 is 15.1 Å². The monoisotopic (exact) mass is 282 g/mol. The van der Waals surface area contributed by atoms with Gasteiger partial charge in [0, 0.05) is 25.2 Å². The molecule has 0 aromatic heterocycles. The van der Waals surface area contributed by atoms with E-state index in [-0.39, 0.29) is 12.1 Å². The Bertz CT molecular complexity index is 557. The minimum atomic E-state index is -1.03. The van der Waals surface area contributed by atoms with Crippen molar-refractivity contribution >= 4 is 17.6 Å². The summed E-state index contributed by atoms with van der Waals surface area (Å²) < 4.78 is 0. The highest BCUT2D eigenvalue weighted by Crippen LogP contribution is 2.26. The number of hydrogen-bond acceptors (Lipinski definition) is 5. The Hall–Kier alpha value is -2.64. The van der Waals surface area contributed by atoms with Gasteiger partial charge in [-0.2, -0.15) is 0 Å². The second-order valence-electron chi connectivity index (χ2n) is 4.39. The van der Waals surface area contributed by atoms with Crippen LogP contribution in [0.4, 0.5) is 5.69 Å². The highest BCUT2D eigenvalue weighted by Gasteiger charge is 2.21. The molecule has 0 saturated heterocycles. The zero-order chi connectivity index (χ0) is 15.4. The third-order valence-corrected chi connectivity index (χ3v) is 2.74. The van der Waals surface area contributed by atoms with Gasteiger partial charge in [-0.05, 0) is 12.1 Å². The summed E-state index contributed by atoms with van der Waals surface area (Å²) in [5, 5.41) is 28.8. The predicted octanol–water partition coefficient (Wildman–Crippen LogP) is 1.09. The van der Waals surface area contributed by atoms with Gasteiger partial charge in [0.2, 0.25) is 0 Å². The molecule has 0 spiro atoms. The fourth-order valence-corrected chi connectivity index (χ4v) is 1.60. The Labute approximate surface area is 114 Å². The fraction of sp³-hybridized carbons (Fsp3) is 0.333. The van der Waals surface area contributed by atoms with Crippen LogP contribution < -0.4 is 0 Å². The number of carboxylic acid groups (broad SMARTS) is 1. The first-order valence-electron chi connectivity index (χ1n) is 5.69. The molecule has 8 heteroatoms. The van der Waals surface area contributed by atoms with Gasteiger partial charge in [0.1, 0.15) is 0 Å². The van der Waals surface area contributed by atoms with Crippen LogP contribution in [0.5, 0.6) is 5.75 Å². The van der Waals surface area contributed by atoms with Crippen molar-refractivity contribution in [3.63, 3.8) is 0 Å². The van der Waals surface area contributed by atoms with Crippen LogP contribution in [0.2, 0.25) is 0 Å². The Morgan fingerprint density at radius 3 is 2.50 bits per heavy atom. The van der Waals surface area contributed by atoms with Gasteiger partial charge in [0.15, 0.2) is 5.75 Å². The molecule has 0 heterocycles. The minimum Gasteiger partial charge on any atom is -0.502 e. The van der Waals surface area contributed by atoms with Crippen LogP contribution in [-0.4, -0.2) is 45.5 Å². The number of benzene rings is 1. The Morgan fingerprint density at radius 2 is 2.05 bits per heavy atom. The first kappa shape index (κ1) is 15.4. The third-order valence-electron chi connectivity index (χ3n) is 2.74. The van der Waals surface area contributed by atoms with Crippen molar-refractivity contribution in [1.29, 1.82) is 0 Å². The molecule has 0 radical (unpaired) electrons. The number of rotatable bonds is 5. The molecule has 108 valence electrons. The molecule has 1 aromatic carbocycles. The number of nitro benzene ring substituents is 1. The Morgan fingerprint density at radius 1 is 1.45 bits per heavy atom. The first-order chi connectivity index (χ1) is 9.23. The molecule has 1 unspecified atom stereocenters. The maximum Gasteiger partial charge on any atom is 0.310 e. The van der Waals surface area contributed by atoms with E-state index in [0.717, 1.165) is 12.1 Å². The van der Waals surface area contributed by atoms with Crippen molar-refractivity contribution < 1.29 is 24.7 Å². The quantitative estimate of drug-likeness (QED) is 0.616. The molecule has 0 saturated carbocycles. The summed E-state index contributed by atoms with van der Waals surface area (Å²) in [4.78, 5) is 33.7. The Balaban J connectivity index is 2.90. The number of carboxylic acids is 1. The second kappa shape index (κ2) is 6.00. The minimum absolute atomic E-state index is 0.00802. The van der Waals surface area contributed by atoms with Crippen LogP contribution in [0, 0.1) is 16.0 Å². The van der Waals surface area contributed by atoms with Crippen LogP contribution in [0.25, 0.3) is 0 Å². The molecule has 8 nitrogen and oxygen atoms in total. The van der Waals surface area contributed by atoms with E-state index >= 15 is 0 Å². The number of carbonyl (C=O) groups excluding carboxylic acids is 1. The van der Waals surface area contributed by atoms with E-state index in [9.17, 15) is 24.8 Å². The van der Waals surface area contributed by atoms with Gasteiger partial charge in [0.05, 0.1) is 10.8 Å². The molecule has 1 rings (SSSR count). The molecule has 2 N–H and O–H groups in total. The smallest absolute Gasteiger partial charge is 0.310 e. The number of hydrogen-bond donors (Lipinski definition) is 2. The normalized spacial score (nSPS) is 11.7. The van der Waals surface area contributed by atoms with Crippen LogP contribution in [0.15, 0.2) is 18.2 Å². The summed E-state index contributed by atoms with van der Waals surface area (Å²) in [5.74, 6) is -2.91. The lowest BCUT2D eigenvalue weighted by molar-refractivity contribution is -0.385. The lowest BCUT2D eigenvalue weighted by Crippen LogP contribution is -2.33. The van der Waals surface area contributed by atoms with Gasteiger partial charge in [-0.15, -0.1) is 0 Å². The van der Waals surface area contributed by atoms with Crippen molar-refractivity contribution in [2.75, 3.05) is 13.6 Å². The van der Waals surface area contributed by atoms with E-state index in [2.05, 4.69) is 0 Å². The van der Waals surface area contributed by atoms with E-state index in [1.54, 1.807) is 0 Å². The number of carbonyl (C=O) groups is 2. The average Bonchev–Trinajstić information content (AvgIpc) is 2.36. The van der Waals surface area contributed by atoms with Crippen LogP contribution in [0.3, 0.4) is 0 Å². The van der Waals surface area contributed by atoms with Crippen molar-refractivity contribution in [3.05, 3.63) is 33.9 Å². The number of nitrogens with zero attached hydrogens (tertiary/aromatic N) is 2. The van der Waals surface area contributed by atoms with Crippen LogP contribution in [0.1, 0.15) is 17.3 Å². The third kappa shape index (κ3) is 3.44. The van der Waals surface area contributed by atoms with Gasteiger partial charge in [-0.3, -0.25) is 19.7 Å². The molecule has 0 fully saturated rings. The molecule has 1 atom stereocenters. The summed E-state index contributed by atoms with van der Waals surface area (Å²) >= 11 is 0. The number of nitro groups is 1. The summed E-state index contributed by atoms with van der Waals surface area (Å²) in [7, 11) is 1.42. The van der Waals surface area contributed by atoms with E-state index < -0.39 is 34.2 Å². The molecule has 0 aliphatic rings. The lowest BCUT2D eigenvalue weighted by Gasteiger charge is -2.19. The van der Waals surface area contributed by atoms with E-state index in [1.165, 1.54) is 24.9 Å². The van der Waals surface area contributed by atoms with E-state index in [1.807, 2.05) is 0 Å². The standard InChI is InChI=1S/C12H14N2O6/c1-7(12(17)18)6-13(2)11(16)8-3-4-9(14(19)20)10(15)5-8/h3-5,7,15H,6H2,1-2H3,(H,17,18). The average molecular weight is 282 g/mol. The molecule has 1 amide bonds. The molecule has 0 bridgehead atoms. The lowest BCUT2D eigenvalue weighted by atomic mass is 10.1. The van der Waals surface area contributed by atoms with Gasteiger partial charge in [-0.25, -0.2) is 0 Å². The zero-order valence-corrected chi connectivity index (χ0v) is 10.9. The van der Waals surface area contributed by atoms with Crippen LogP contribution in [-0.2, 0) is 4.79 Å². The molecule has 1 aromatic rings. The number of aliphatic carboxylic acids is 1. The maximum absolute atomic E-state index is 12.0. The van der Waals surface area contributed by atoms with Crippen molar-refractivity contribution in [1.82, 2.24) is 4.90 Å². The van der Waals surface area contributed by atoms with Crippen molar-refractivity contribution in [3.8, 4) is 5.75 Å². The number of amides is 1. The van der Waals surface area contributed by atoms with Gasteiger partial charge in [0.25, 0.3) is 5.91 Å². The molecule has 0 aliphatic heterocycles. The maximum atomic E-state index is 12.0. The summed E-state index contributed by atoms with van der Waals surface area (Å²) in [6, 6.07) is 3.22. The topological polar surface area (TPSA) is 121 Å². The van der Waals surface area contributed by atoms with Gasteiger partial charge >= 0.3 is 11.7 Å². The predicted molar refractivity (Wildman–Crippen MR) is 68.5 cm³/mol. The highest BCUT2D eigenvalue weighted by molar-refractivity contribution is 5.95. The Kier molecular flexibility index (Phi) is 4.63. The number of aromatic hydroxyl groups is 1. The largest absolute Gasteiger partial charge is 0.502 e. The van der Waals surface area contributed by atoms with Crippen molar-refractivity contribution in [2.24, 2.45) is 5.92 Å². The summed E-state index contributed by atoms with van der Waals surface area (Å²) in [6.45, 7) is 1.45. The first-order valence-corrected chi connectivity index (χ1v) is 5.69. The summed E-state index contributed by atoms with van der Waals surface area (Å²) in [6.07, 6.45) is 0.